The molecule has 0 radical (unpaired) electrons. The number of nitrogens with one attached hydrogen (secondary N) is 3. The van der Waals surface area contributed by atoms with Gasteiger partial charge in [-0.25, -0.2) is 0 Å². The minimum absolute atomic E-state index is 0.0349. The van der Waals surface area contributed by atoms with Crippen molar-refractivity contribution in [2.24, 2.45) is 0 Å². The Morgan fingerprint density at radius 2 is 1.60 bits per heavy atom. The van der Waals surface area contributed by atoms with Gasteiger partial charge in [-0.1, -0.05) is 79.2 Å². The van der Waals surface area contributed by atoms with Crippen molar-refractivity contribution in [1.29, 1.82) is 0 Å². The summed E-state index contributed by atoms with van der Waals surface area (Å²) in [5.74, 6) is -1.04. The molecule has 4 rings (SSSR count). The molecule has 0 bridgehead atoms. The van der Waals surface area contributed by atoms with Gasteiger partial charge >= 0.3 is 0 Å². The summed E-state index contributed by atoms with van der Waals surface area (Å²) < 4.78 is 0. The summed E-state index contributed by atoms with van der Waals surface area (Å²) in [6.45, 7) is 5.89. The van der Waals surface area contributed by atoms with Gasteiger partial charge in [-0.2, -0.15) is 0 Å². The number of hydrogen-bond donors (Lipinski definition) is 3. The van der Waals surface area contributed by atoms with E-state index in [2.05, 4.69) is 22.9 Å². The van der Waals surface area contributed by atoms with Gasteiger partial charge in [0.2, 0.25) is 5.91 Å². The highest BCUT2D eigenvalue weighted by atomic mass is 35.5. The molecule has 4 aromatic rings. The summed E-state index contributed by atoms with van der Waals surface area (Å²) in [6, 6.07) is 28.9. The summed E-state index contributed by atoms with van der Waals surface area (Å²) in [6.07, 6.45) is 2.36. The lowest BCUT2D eigenvalue weighted by molar-refractivity contribution is -0.115. The molecule has 0 heterocycles. The van der Waals surface area contributed by atoms with Crippen LogP contribution < -0.4 is 16.0 Å². The van der Waals surface area contributed by atoms with E-state index in [-0.39, 0.29) is 16.9 Å². The highest BCUT2D eigenvalue weighted by molar-refractivity contribution is 8.00. The van der Waals surface area contributed by atoms with Crippen LogP contribution in [0, 0.1) is 6.92 Å². The number of rotatable bonds is 10. The maximum atomic E-state index is 13.4. The van der Waals surface area contributed by atoms with Crippen molar-refractivity contribution in [3.8, 4) is 0 Å². The second-order valence-electron chi connectivity index (χ2n) is 9.59. The number of para-hydroxylation sites is 1. The van der Waals surface area contributed by atoms with Gasteiger partial charge in [-0.3, -0.25) is 14.4 Å². The van der Waals surface area contributed by atoms with E-state index >= 15 is 0 Å². The molecule has 0 aromatic heterocycles. The van der Waals surface area contributed by atoms with E-state index < -0.39 is 11.8 Å². The second kappa shape index (κ2) is 14.5. The molecule has 0 saturated heterocycles. The SMILES string of the molecule is CCc1cccc(C)c1NC(=O)C(C)Sc1cccc(NC(=O)/C(=C\c2ccccc2Cl)NC(=O)c2ccccc2)c1. The zero-order chi connectivity index (χ0) is 30.1. The fourth-order valence-corrected chi connectivity index (χ4v) is 5.34. The molecule has 3 N–H and O–H groups in total. The molecule has 4 aromatic carbocycles. The minimum Gasteiger partial charge on any atom is -0.325 e. The number of thioether (sulfide) groups is 1. The maximum Gasteiger partial charge on any atom is 0.272 e. The van der Waals surface area contributed by atoms with Gasteiger partial charge < -0.3 is 16.0 Å². The molecular formula is C34H32ClN3O3S. The fourth-order valence-electron chi connectivity index (χ4n) is 4.22. The van der Waals surface area contributed by atoms with E-state index in [1.807, 2.05) is 44.2 Å². The largest absolute Gasteiger partial charge is 0.325 e. The van der Waals surface area contributed by atoms with Gasteiger partial charge in [-0.15, -0.1) is 11.8 Å². The van der Waals surface area contributed by atoms with Crippen molar-refractivity contribution in [2.45, 2.75) is 37.3 Å². The van der Waals surface area contributed by atoms with Crippen molar-refractivity contribution in [3.63, 3.8) is 0 Å². The first-order valence-electron chi connectivity index (χ1n) is 13.5. The summed E-state index contributed by atoms with van der Waals surface area (Å²) in [5.41, 5.74) is 4.51. The highest BCUT2D eigenvalue weighted by Gasteiger charge is 2.19. The van der Waals surface area contributed by atoms with Crippen LogP contribution in [0.5, 0.6) is 0 Å². The quantitative estimate of drug-likeness (QED) is 0.129. The summed E-state index contributed by atoms with van der Waals surface area (Å²) in [7, 11) is 0. The zero-order valence-electron chi connectivity index (χ0n) is 23.6. The monoisotopic (exact) mass is 597 g/mol. The van der Waals surface area contributed by atoms with Gasteiger partial charge in [0.05, 0.1) is 5.25 Å². The first-order valence-corrected chi connectivity index (χ1v) is 14.8. The Labute approximate surface area is 255 Å². The first-order chi connectivity index (χ1) is 20.2. The molecule has 8 heteroatoms. The van der Waals surface area contributed by atoms with Crippen molar-refractivity contribution in [1.82, 2.24) is 5.32 Å². The predicted octanol–water partition coefficient (Wildman–Crippen LogP) is 7.74. The number of halogens is 1. The van der Waals surface area contributed by atoms with Crippen molar-refractivity contribution >= 4 is 58.5 Å². The number of amides is 3. The lowest BCUT2D eigenvalue weighted by atomic mass is 10.1. The second-order valence-corrected chi connectivity index (χ2v) is 11.4. The van der Waals surface area contributed by atoms with Crippen LogP contribution in [0.1, 0.15) is 40.9 Å². The number of benzene rings is 4. The third-order valence-corrected chi connectivity index (χ3v) is 7.93. The Bertz CT molecular complexity index is 1620. The van der Waals surface area contributed by atoms with E-state index in [0.717, 1.165) is 28.1 Å². The Morgan fingerprint density at radius 1 is 0.881 bits per heavy atom. The Kier molecular flexibility index (Phi) is 10.6. The van der Waals surface area contributed by atoms with Crippen molar-refractivity contribution in [3.05, 3.63) is 130 Å². The molecule has 0 aliphatic carbocycles. The van der Waals surface area contributed by atoms with Crippen LogP contribution in [0.2, 0.25) is 5.02 Å². The molecule has 3 amide bonds. The Hall–Kier alpha value is -4.33. The van der Waals surface area contributed by atoms with Crippen LogP contribution in [0.25, 0.3) is 6.08 Å². The van der Waals surface area contributed by atoms with Crippen LogP contribution >= 0.6 is 23.4 Å². The van der Waals surface area contributed by atoms with Crippen LogP contribution in [0.4, 0.5) is 11.4 Å². The van der Waals surface area contributed by atoms with E-state index in [4.69, 9.17) is 11.6 Å². The topological polar surface area (TPSA) is 87.3 Å². The van der Waals surface area contributed by atoms with Crippen LogP contribution in [0.15, 0.2) is 108 Å². The van der Waals surface area contributed by atoms with Crippen LogP contribution in [-0.4, -0.2) is 23.0 Å². The van der Waals surface area contributed by atoms with Crippen LogP contribution in [-0.2, 0) is 16.0 Å². The van der Waals surface area contributed by atoms with Crippen molar-refractivity contribution in [2.75, 3.05) is 10.6 Å². The van der Waals surface area contributed by atoms with E-state index in [1.165, 1.54) is 11.8 Å². The molecule has 0 spiro atoms. The molecule has 1 unspecified atom stereocenters. The summed E-state index contributed by atoms with van der Waals surface area (Å²) in [5, 5.41) is 8.72. The molecule has 0 aliphatic rings. The average Bonchev–Trinajstić information content (AvgIpc) is 2.99. The Morgan fingerprint density at radius 3 is 2.33 bits per heavy atom. The van der Waals surface area contributed by atoms with Gasteiger partial charge in [0, 0.05) is 26.9 Å². The fraction of sp³-hybridized carbons (Fsp3) is 0.147. The van der Waals surface area contributed by atoms with Gasteiger partial charge in [0.25, 0.3) is 11.8 Å². The van der Waals surface area contributed by atoms with Gasteiger partial charge in [-0.05, 0) is 79.4 Å². The van der Waals surface area contributed by atoms with E-state index in [1.54, 1.807) is 72.8 Å². The third-order valence-electron chi connectivity index (χ3n) is 6.50. The molecule has 0 aliphatic heterocycles. The van der Waals surface area contributed by atoms with E-state index in [0.29, 0.717) is 21.8 Å². The smallest absolute Gasteiger partial charge is 0.272 e. The average molecular weight is 598 g/mol. The number of hydrogen-bond acceptors (Lipinski definition) is 4. The number of carbonyl (C=O) groups is 3. The molecule has 0 fully saturated rings. The molecule has 214 valence electrons. The molecule has 0 saturated carbocycles. The van der Waals surface area contributed by atoms with Gasteiger partial charge in [0.1, 0.15) is 5.70 Å². The molecule has 42 heavy (non-hydrogen) atoms. The lowest BCUT2D eigenvalue weighted by Crippen LogP contribution is -2.30. The number of anilines is 2. The lowest BCUT2D eigenvalue weighted by Gasteiger charge is -2.17. The first kappa shape index (κ1) is 30.6. The van der Waals surface area contributed by atoms with E-state index in [9.17, 15) is 14.4 Å². The number of carbonyl (C=O) groups excluding carboxylic acids is 3. The zero-order valence-corrected chi connectivity index (χ0v) is 25.2. The maximum absolute atomic E-state index is 13.4. The Balaban J connectivity index is 1.49. The highest BCUT2D eigenvalue weighted by Crippen LogP contribution is 2.28. The summed E-state index contributed by atoms with van der Waals surface area (Å²) in [4.78, 5) is 40.2. The molecule has 1 atom stereocenters. The molecule has 6 nitrogen and oxygen atoms in total. The molecular weight excluding hydrogens is 566 g/mol. The van der Waals surface area contributed by atoms with Crippen LogP contribution in [0.3, 0.4) is 0 Å². The normalized spacial score (nSPS) is 11.9. The third kappa shape index (κ3) is 8.12. The number of aryl methyl sites for hydroxylation is 2. The van der Waals surface area contributed by atoms with Gasteiger partial charge in [0.15, 0.2) is 0 Å². The standard InChI is InChI=1S/C34H32ClN3O3S/c1-4-24-16-10-12-22(2)31(24)38-32(39)23(3)42-28-18-11-17-27(21-28)36-34(41)30(20-26-15-8-9-19-29(26)35)37-33(40)25-13-6-5-7-14-25/h5-21,23H,4H2,1-3H3,(H,36,41)(H,37,40)(H,38,39)/b30-20+. The predicted molar refractivity (Wildman–Crippen MR) is 173 cm³/mol. The van der Waals surface area contributed by atoms with Crippen molar-refractivity contribution < 1.29 is 14.4 Å². The minimum atomic E-state index is -0.515. The summed E-state index contributed by atoms with van der Waals surface area (Å²) >= 11 is 7.72.